The van der Waals surface area contributed by atoms with Gasteiger partial charge in [0, 0.05) is 25.1 Å². The lowest BCUT2D eigenvalue weighted by Crippen LogP contribution is -2.30. The SMILES string of the molecule is CCc1ccc(C(CN)N(C)Cc2ccccc2F)o1. The van der Waals surface area contributed by atoms with Crippen LogP contribution in [0.5, 0.6) is 0 Å². The van der Waals surface area contributed by atoms with Crippen LogP contribution < -0.4 is 5.73 Å². The number of benzene rings is 1. The van der Waals surface area contributed by atoms with Crippen LogP contribution >= 0.6 is 0 Å². The summed E-state index contributed by atoms with van der Waals surface area (Å²) in [5.74, 6) is 1.59. The van der Waals surface area contributed by atoms with E-state index in [0.29, 0.717) is 18.7 Å². The molecule has 1 unspecified atom stereocenters. The van der Waals surface area contributed by atoms with Gasteiger partial charge in [-0.2, -0.15) is 0 Å². The minimum Gasteiger partial charge on any atom is -0.464 e. The smallest absolute Gasteiger partial charge is 0.127 e. The van der Waals surface area contributed by atoms with Crippen molar-refractivity contribution in [3.8, 4) is 0 Å². The molecule has 1 atom stereocenters. The van der Waals surface area contributed by atoms with Gasteiger partial charge >= 0.3 is 0 Å². The lowest BCUT2D eigenvalue weighted by molar-refractivity contribution is 0.208. The van der Waals surface area contributed by atoms with Gasteiger partial charge in [-0.15, -0.1) is 0 Å². The molecule has 108 valence electrons. The maximum atomic E-state index is 13.7. The molecule has 2 N–H and O–H groups in total. The normalized spacial score (nSPS) is 12.8. The second-order valence-electron chi connectivity index (χ2n) is 4.92. The van der Waals surface area contributed by atoms with Crippen LogP contribution in [0.4, 0.5) is 4.39 Å². The molecule has 20 heavy (non-hydrogen) atoms. The second kappa shape index (κ2) is 6.68. The van der Waals surface area contributed by atoms with E-state index in [4.69, 9.17) is 10.2 Å². The van der Waals surface area contributed by atoms with Gasteiger partial charge in [-0.1, -0.05) is 25.1 Å². The molecule has 0 aliphatic rings. The zero-order valence-electron chi connectivity index (χ0n) is 12.0. The highest BCUT2D eigenvalue weighted by atomic mass is 19.1. The summed E-state index contributed by atoms with van der Waals surface area (Å²) < 4.78 is 19.5. The van der Waals surface area contributed by atoms with Gasteiger partial charge in [-0.05, 0) is 25.2 Å². The summed E-state index contributed by atoms with van der Waals surface area (Å²) in [7, 11) is 1.93. The molecule has 1 aromatic heterocycles. The molecule has 4 heteroatoms. The van der Waals surface area contributed by atoms with Crippen molar-refractivity contribution in [1.29, 1.82) is 0 Å². The number of nitrogens with zero attached hydrogens (tertiary/aromatic N) is 1. The fraction of sp³-hybridized carbons (Fsp3) is 0.375. The summed E-state index contributed by atoms with van der Waals surface area (Å²) in [5, 5.41) is 0. The van der Waals surface area contributed by atoms with Crippen LogP contribution in [0.25, 0.3) is 0 Å². The van der Waals surface area contributed by atoms with E-state index in [1.165, 1.54) is 6.07 Å². The molecule has 0 aliphatic carbocycles. The number of nitrogens with two attached hydrogens (primary N) is 1. The van der Waals surface area contributed by atoms with E-state index in [2.05, 4.69) is 0 Å². The number of hydrogen-bond donors (Lipinski definition) is 1. The van der Waals surface area contributed by atoms with Crippen LogP contribution in [0.15, 0.2) is 40.8 Å². The Morgan fingerprint density at radius 3 is 2.60 bits per heavy atom. The van der Waals surface area contributed by atoms with E-state index in [1.807, 2.05) is 37.1 Å². The number of halogens is 1. The minimum atomic E-state index is -0.191. The molecule has 1 aromatic carbocycles. The Morgan fingerprint density at radius 1 is 1.25 bits per heavy atom. The molecule has 3 nitrogen and oxygen atoms in total. The topological polar surface area (TPSA) is 42.4 Å². The molecule has 0 bridgehead atoms. The summed E-state index contributed by atoms with van der Waals surface area (Å²) in [6.45, 7) is 2.97. The molecule has 2 aromatic rings. The summed E-state index contributed by atoms with van der Waals surface area (Å²) in [6, 6.07) is 10.7. The second-order valence-corrected chi connectivity index (χ2v) is 4.92. The van der Waals surface area contributed by atoms with Gasteiger partial charge in [0.25, 0.3) is 0 Å². The Kier molecular flexibility index (Phi) is 4.93. The number of furan rings is 1. The van der Waals surface area contributed by atoms with E-state index < -0.39 is 0 Å². The van der Waals surface area contributed by atoms with Crippen molar-refractivity contribution in [1.82, 2.24) is 4.90 Å². The van der Waals surface area contributed by atoms with Gasteiger partial charge in [0.1, 0.15) is 17.3 Å². The average Bonchev–Trinajstić information content (AvgIpc) is 2.91. The summed E-state index contributed by atoms with van der Waals surface area (Å²) in [4.78, 5) is 2.01. The quantitative estimate of drug-likeness (QED) is 0.881. The minimum absolute atomic E-state index is 0.0464. The predicted octanol–water partition coefficient (Wildman–Crippen LogP) is 3.11. The third-order valence-electron chi connectivity index (χ3n) is 3.49. The summed E-state index contributed by atoms with van der Waals surface area (Å²) in [5.41, 5.74) is 6.52. The van der Waals surface area contributed by atoms with Crippen LogP contribution in [-0.2, 0) is 13.0 Å². The Morgan fingerprint density at radius 2 is 2.00 bits per heavy atom. The fourth-order valence-electron chi connectivity index (χ4n) is 2.28. The number of rotatable bonds is 6. The molecular formula is C16H21FN2O. The van der Waals surface area contributed by atoms with E-state index in [0.717, 1.165) is 17.9 Å². The van der Waals surface area contributed by atoms with Gasteiger partial charge < -0.3 is 10.2 Å². The third kappa shape index (κ3) is 3.26. The highest BCUT2D eigenvalue weighted by Crippen LogP contribution is 2.23. The Balaban J connectivity index is 2.13. The van der Waals surface area contributed by atoms with Crippen molar-refractivity contribution in [2.24, 2.45) is 5.73 Å². The molecule has 2 rings (SSSR count). The molecule has 1 heterocycles. The van der Waals surface area contributed by atoms with Crippen LogP contribution in [0, 0.1) is 5.82 Å². The van der Waals surface area contributed by atoms with Gasteiger partial charge in [-0.25, -0.2) is 4.39 Å². The molecule has 0 saturated carbocycles. The molecular weight excluding hydrogens is 255 g/mol. The first-order valence-corrected chi connectivity index (χ1v) is 6.88. The highest BCUT2D eigenvalue weighted by Gasteiger charge is 2.20. The Hall–Kier alpha value is -1.65. The molecule has 0 radical (unpaired) electrons. The zero-order chi connectivity index (χ0) is 14.5. The highest BCUT2D eigenvalue weighted by molar-refractivity contribution is 5.18. The average molecular weight is 276 g/mol. The van der Waals surface area contributed by atoms with Crippen molar-refractivity contribution >= 4 is 0 Å². The van der Waals surface area contributed by atoms with E-state index in [-0.39, 0.29) is 11.9 Å². The lowest BCUT2D eigenvalue weighted by Gasteiger charge is -2.25. The predicted molar refractivity (Wildman–Crippen MR) is 77.7 cm³/mol. The Bertz CT molecular complexity index is 553. The molecule has 0 saturated heterocycles. The maximum Gasteiger partial charge on any atom is 0.127 e. The Labute approximate surface area is 119 Å². The van der Waals surface area contributed by atoms with Crippen LogP contribution in [0.3, 0.4) is 0 Å². The van der Waals surface area contributed by atoms with Crippen molar-refractivity contribution < 1.29 is 8.81 Å². The van der Waals surface area contributed by atoms with Gasteiger partial charge in [0.2, 0.25) is 0 Å². The first-order chi connectivity index (χ1) is 9.65. The summed E-state index contributed by atoms with van der Waals surface area (Å²) >= 11 is 0. The van der Waals surface area contributed by atoms with Crippen molar-refractivity contribution in [2.45, 2.75) is 25.9 Å². The standard InChI is InChI=1S/C16H21FN2O/c1-3-13-8-9-16(20-13)15(10-18)19(2)11-12-6-4-5-7-14(12)17/h4-9,15H,3,10-11,18H2,1-2H3. The zero-order valence-corrected chi connectivity index (χ0v) is 12.0. The van der Waals surface area contributed by atoms with Crippen LogP contribution in [0.2, 0.25) is 0 Å². The third-order valence-corrected chi connectivity index (χ3v) is 3.49. The molecule has 0 spiro atoms. The van der Waals surface area contributed by atoms with Gasteiger partial charge in [0.05, 0.1) is 6.04 Å². The molecule has 0 aliphatic heterocycles. The van der Waals surface area contributed by atoms with Crippen LogP contribution in [0.1, 0.15) is 30.0 Å². The first-order valence-electron chi connectivity index (χ1n) is 6.88. The van der Waals surface area contributed by atoms with Crippen molar-refractivity contribution in [3.63, 3.8) is 0 Å². The van der Waals surface area contributed by atoms with Crippen molar-refractivity contribution in [2.75, 3.05) is 13.6 Å². The monoisotopic (exact) mass is 276 g/mol. The maximum absolute atomic E-state index is 13.7. The van der Waals surface area contributed by atoms with Gasteiger partial charge in [0.15, 0.2) is 0 Å². The number of hydrogen-bond acceptors (Lipinski definition) is 3. The fourth-order valence-corrected chi connectivity index (χ4v) is 2.28. The van der Waals surface area contributed by atoms with Crippen LogP contribution in [-0.4, -0.2) is 18.5 Å². The number of aryl methyl sites for hydroxylation is 1. The largest absolute Gasteiger partial charge is 0.464 e. The number of likely N-dealkylation sites (N-methyl/N-ethyl adjacent to an activating group) is 1. The lowest BCUT2D eigenvalue weighted by atomic mass is 10.1. The molecule has 0 fully saturated rings. The van der Waals surface area contributed by atoms with E-state index >= 15 is 0 Å². The first kappa shape index (κ1) is 14.8. The van der Waals surface area contributed by atoms with Crippen molar-refractivity contribution in [3.05, 3.63) is 59.3 Å². The van der Waals surface area contributed by atoms with Gasteiger partial charge in [-0.3, -0.25) is 4.90 Å². The summed E-state index contributed by atoms with van der Waals surface area (Å²) in [6.07, 6.45) is 0.855. The van der Waals surface area contributed by atoms with E-state index in [9.17, 15) is 4.39 Å². The molecule has 0 amide bonds. The van der Waals surface area contributed by atoms with E-state index in [1.54, 1.807) is 12.1 Å².